The summed E-state index contributed by atoms with van der Waals surface area (Å²) in [5, 5.41) is 11.5. The molecule has 1 heterocycles. The lowest BCUT2D eigenvalue weighted by molar-refractivity contribution is -0.133. The highest BCUT2D eigenvalue weighted by molar-refractivity contribution is 5.83. The van der Waals surface area contributed by atoms with E-state index < -0.39 is 36.7 Å². The van der Waals surface area contributed by atoms with Crippen molar-refractivity contribution in [3.8, 4) is 0 Å². The number of fused-ring (bicyclic) bond motifs is 1. The van der Waals surface area contributed by atoms with Gasteiger partial charge in [0.15, 0.2) is 6.29 Å². The zero-order valence-electron chi connectivity index (χ0n) is 38.2. The molecule has 13 nitrogen and oxygen atoms in total. The Balaban J connectivity index is 1.15. The fraction of sp³-hybridized carbons (Fsp3) is 0.273. The Bertz CT molecular complexity index is 2510. The number of carbonyl (C=O) groups is 4. The van der Waals surface area contributed by atoms with Crippen LogP contribution in [0.2, 0.25) is 0 Å². The molecule has 68 heavy (non-hydrogen) atoms. The van der Waals surface area contributed by atoms with Crippen molar-refractivity contribution in [2.24, 2.45) is 5.73 Å². The van der Waals surface area contributed by atoms with Gasteiger partial charge in [-0.1, -0.05) is 176 Å². The first kappa shape index (κ1) is 48.5. The van der Waals surface area contributed by atoms with Crippen LogP contribution in [0.25, 0.3) is 10.8 Å². The van der Waals surface area contributed by atoms with E-state index in [1.54, 1.807) is 0 Å². The van der Waals surface area contributed by atoms with Crippen LogP contribution in [0, 0.1) is 0 Å². The van der Waals surface area contributed by atoms with Crippen LogP contribution >= 0.6 is 0 Å². The molecule has 4 atom stereocenters. The number of hydrogen-bond acceptors (Lipinski definition) is 9. The molecule has 1 aliphatic rings. The molecule has 4 amide bonds. The molecule has 0 aliphatic carbocycles. The second kappa shape index (κ2) is 24.9. The van der Waals surface area contributed by atoms with Gasteiger partial charge in [-0.05, 0) is 64.3 Å². The van der Waals surface area contributed by atoms with E-state index in [9.17, 15) is 14.4 Å². The number of hydrogen-bond donors (Lipinski definition) is 4. The van der Waals surface area contributed by atoms with Crippen molar-refractivity contribution in [2.75, 3.05) is 26.2 Å². The summed E-state index contributed by atoms with van der Waals surface area (Å²) in [4.78, 5) is 58.3. The lowest BCUT2D eigenvalue weighted by Crippen LogP contribution is -2.57. The number of nitrogens with one attached hydrogen (secondary N) is 3. The summed E-state index contributed by atoms with van der Waals surface area (Å²) in [5.74, 6) is -0.243. The van der Waals surface area contributed by atoms with Gasteiger partial charge in [0.1, 0.15) is 19.8 Å². The minimum Gasteiger partial charge on any atom is -0.445 e. The first-order chi connectivity index (χ1) is 33.2. The quantitative estimate of drug-likeness (QED) is 0.0334. The minimum atomic E-state index is -1.32. The molecule has 2 unspecified atom stereocenters. The number of nitrogens with zero attached hydrogens (tertiary/aromatic N) is 2. The summed E-state index contributed by atoms with van der Waals surface area (Å²) in [6, 6.07) is 51.4. The van der Waals surface area contributed by atoms with Gasteiger partial charge in [-0.2, -0.15) is 0 Å². The van der Waals surface area contributed by atoms with Gasteiger partial charge in [0.2, 0.25) is 5.91 Å². The Hall–Kier alpha value is -7.48. The van der Waals surface area contributed by atoms with Crippen molar-refractivity contribution >= 4 is 35.0 Å². The highest BCUT2D eigenvalue weighted by Gasteiger charge is 2.37. The van der Waals surface area contributed by atoms with Crippen LogP contribution < -0.4 is 21.7 Å². The van der Waals surface area contributed by atoms with Crippen LogP contribution in [0.3, 0.4) is 0 Å². The molecule has 6 aromatic carbocycles. The van der Waals surface area contributed by atoms with Crippen LogP contribution in [0.15, 0.2) is 176 Å². The molecule has 0 bridgehead atoms. The molecule has 13 heteroatoms. The molecule has 6 aromatic rings. The first-order valence-corrected chi connectivity index (χ1v) is 23.1. The summed E-state index contributed by atoms with van der Waals surface area (Å²) in [5.41, 5.74) is 11.2. The topological polar surface area (TPSA) is 165 Å². The molecule has 0 spiro atoms. The van der Waals surface area contributed by atoms with Gasteiger partial charge in [0.05, 0.1) is 12.1 Å². The first-order valence-electron chi connectivity index (χ1n) is 23.1. The zero-order valence-corrected chi connectivity index (χ0v) is 38.2. The predicted molar refractivity (Wildman–Crippen MR) is 263 cm³/mol. The smallest absolute Gasteiger partial charge is 0.412 e. The Morgan fingerprint density at radius 2 is 1.29 bits per heavy atom. The van der Waals surface area contributed by atoms with Crippen LogP contribution in [-0.2, 0) is 38.6 Å². The maximum absolute atomic E-state index is 15.1. The van der Waals surface area contributed by atoms with Gasteiger partial charge in [-0.25, -0.2) is 14.4 Å². The van der Waals surface area contributed by atoms with Crippen LogP contribution in [-0.4, -0.2) is 84.6 Å². The minimum absolute atomic E-state index is 0.00305. The van der Waals surface area contributed by atoms with Crippen molar-refractivity contribution in [3.63, 3.8) is 0 Å². The van der Waals surface area contributed by atoms with Gasteiger partial charge < -0.3 is 29.7 Å². The summed E-state index contributed by atoms with van der Waals surface area (Å²) in [6.45, 7) is 4.54. The van der Waals surface area contributed by atoms with E-state index in [-0.39, 0.29) is 57.1 Å². The van der Waals surface area contributed by atoms with E-state index >= 15 is 4.79 Å². The average molecular weight is 917 g/mol. The Labute approximate surface area is 398 Å². The van der Waals surface area contributed by atoms with E-state index in [4.69, 9.17) is 19.9 Å². The molecule has 1 aliphatic heterocycles. The largest absolute Gasteiger partial charge is 0.445 e. The molecular weight excluding hydrogens is 857 g/mol. The van der Waals surface area contributed by atoms with Crippen molar-refractivity contribution in [1.82, 2.24) is 25.8 Å². The fourth-order valence-electron chi connectivity index (χ4n) is 8.55. The summed E-state index contributed by atoms with van der Waals surface area (Å²) < 4.78 is 16.6. The predicted octanol–water partition coefficient (Wildman–Crippen LogP) is 8.64. The number of benzene rings is 6. The van der Waals surface area contributed by atoms with E-state index in [2.05, 4.69) is 77.1 Å². The maximum atomic E-state index is 15.1. The third kappa shape index (κ3) is 14.0. The maximum Gasteiger partial charge on any atom is 0.412 e. The Morgan fingerprint density at radius 3 is 1.93 bits per heavy atom. The Kier molecular flexibility index (Phi) is 17.7. The van der Waals surface area contributed by atoms with Gasteiger partial charge in [-0.15, -0.1) is 0 Å². The number of amides is 4. The number of carbonyl (C=O) groups excluding carboxylic acids is 4. The van der Waals surface area contributed by atoms with Crippen molar-refractivity contribution < 1.29 is 33.4 Å². The van der Waals surface area contributed by atoms with Crippen LogP contribution in [0.1, 0.15) is 53.0 Å². The molecule has 7 rings (SSSR count). The highest BCUT2D eigenvalue weighted by atomic mass is 16.6. The number of nitrogens with two attached hydrogens (primary N) is 1. The third-order valence-electron chi connectivity index (χ3n) is 12.1. The lowest BCUT2D eigenvalue weighted by atomic mass is 9.90. The van der Waals surface area contributed by atoms with E-state index in [0.29, 0.717) is 25.9 Å². The van der Waals surface area contributed by atoms with Crippen LogP contribution in [0.4, 0.5) is 14.4 Å². The normalized spacial score (nSPS) is 15.7. The zero-order chi connectivity index (χ0) is 47.5. The summed E-state index contributed by atoms with van der Waals surface area (Å²) in [6.07, 6.45) is -0.461. The molecule has 352 valence electrons. The van der Waals surface area contributed by atoms with Crippen LogP contribution in [0.5, 0.6) is 0 Å². The Morgan fingerprint density at radius 1 is 0.721 bits per heavy atom. The second-order valence-electron chi connectivity index (χ2n) is 16.8. The SMILES string of the molecule is C=CCOC(=O)N[C@@H](Cc1ccc2ccccc2c1)C1CCN(CC(c2ccccc2)c2ccccc2)C(=O)[C@H](CCCN(C(=O)OCc2ccccc2)C(N)NC(=O)OCc2ccccc2)N1. The van der Waals surface area contributed by atoms with Gasteiger partial charge >= 0.3 is 18.3 Å². The molecule has 0 aromatic heterocycles. The third-order valence-corrected chi connectivity index (χ3v) is 12.1. The molecule has 1 fully saturated rings. The second-order valence-corrected chi connectivity index (χ2v) is 16.8. The van der Waals surface area contributed by atoms with Crippen molar-refractivity contribution in [3.05, 3.63) is 204 Å². The van der Waals surface area contributed by atoms with Gasteiger partial charge in [-0.3, -0.25) is 20.7 Å². The number of alkyl carbamates (subject to hydrolysis) is 2. The van der Waals surface area contributed by atoms with E-state index in [1.165, 1.54) is 11.0 Å². The standard InChI is InChI=1S/C55H60N6O7/c1-2-34-66-53(63)58-50(36-42-29-30-43-22-15-16-27-46(43)35-42)48-31-33-60(37-47(44-23-11-5-12-24-44)45-25-13-6-14-26-45)51(62)49(57-48)28-17-32-61(55(65)68-39-41-20-9-4-10-21-41)52(56)59-54(64)67-38-40-18-7-3-8-19-40/h2-16,18-27,29-30,35,47-50,52,57H,1,17,28,31-34,36-39,56H2,(H,58,63)(H,59,64)/t48?,49-,50-,52?/m0/s1. The number of rotatable bonds is 20. The molecule has 1 saturated heterocycles. The molecular formula is C55H60N6O7. The number of ether oxygens (including phenoxy) is 3. The monoisotopic (exact) mass is 916 g/mol. The fourth-order valence-corrected chi connectivity index (χ4v) is 8.55. The average Bonchev–Trinajstić information content (AvgIpc) is 3.53. The van der Waals surface area contributed by atoms with Crippen molar-refractivity contribution in [1.29, 1.82) is 0 Å². The van der Waals surface area contributed by atoms with E-state index in [1.807, 2.05) is 114 Å². The summed E-state index contributed by atoms with van der Waals surface area (Å²) in [7, 11) is 0. The molecule has 0 radical (unpaired) electrons. The molecule has 0 saturated carbocycles. The van der Waals surface area contributed by atoms with Gasteiger partial charge in [0, 0.05) is 31.6 Å². The summed E-state index contributed by atoms with van der Waals surface area (Å²) >= 11 is 0. The van der Waals surface area contributed by atoms with Crippen molar-refractivity contribution in [2.45, 2.75) is 69.2 Å². The van der Waals surface area contributed by atoms with Gasteiger partial charge in [0.25, 0.3) is 0 Å². The molecule has 5 N–H and O–H groups in total. The van der Waals surface area contributed by atoms with E-state index in [0.717, 1.165) is 38.6 Å². The highest BCUT2D eigenvalue weighted by Crippen LogP contribution is 2.28. The lowest BCUT2D eigenvalue weighted by Gasteiger charge is -2.31.